The quantitative estimate of drug-likeness (QED) is 0.250. The normalized spacial score (nSPS) is 24.2. The fourth-order valence-electron chi connectivity index (χ4n) is 7.87. The van der Waals surface area contributed by atoms with Crippen molar-refractivity contribution in [3.63, 3.8) is 0 Å². The number of rotatable bonds is 9. The lowest BCUT2D eigenvalue weighted by molar-refractivity contribution is -0.138. The van der Waals surface area contributed by atoms with Gasteiger partial charge in [-0.2, -0.15) is 0 Å². The fourth-order valence-corrected chi connectivity index (χ4v) is 8.12. The number of fused-ring (bicyclic) bond motifs is 1. The molecule has 3 aromatic carbocycles. The van der Waals surface area contributed by atoms with E-state index < -0.39 is 29.1 Å². The number of hydrogen-bond acceptors (Lipinski definition) is 6. The number of carbonyl (C=O) groups is 2. The van der Waals surface area contributed by atoms with Crippen LogP contribution in [-0.4, -0.2) is 56.0 Å². The summed E-state index contributed by atoms with van der Waals surface area (Å²) in [4.78, 5) is 27.9. The lowest BCUT2D eigenvalue weighted by atomic mass is 9.77. The highest BCUT2D eigenvalue weighted by Crippen LogP contribution is 2.56. The maximum atomic E-state index is 16.0. The van der Waals surface area contributed by atoms with E-state index in [0.717, 1.165) is 57.2 Å². The first-order chi connectivity index (χ1) is 23.1. The molecule has 0 radical (unpaired) electrons. The molecule has 2 fully saturated rings. The number of benzene rings is 3. The van der Waals surface area contributed by atoms with E-state index in [2.05, 4.69) is 5.32 Å². The molecule has 0 spiro atoms. The van der Waals surface area contributed by atoms with E-state index >= 15 is 8.78 Å². The molecule has 8 nitrogen and oxygen atoms in total. The second-order valence-corrected chi connectivity index (χ2v) is 13.7. The standard InChI is InChI=1S/C37H43ClF2N4O4/c1-21-30-29(18-27(39)33(38)32(30)31-26(35(42)45)12-13-28(47-2)34(31)40)48-37(21,24-6-4-3-5-7-24)20-43-25-10-8-23(9-11-25)36(46)44-16-14-22(19-41)15-17-44/h3-7,12-13,18,21-23,25,43H,8-11,14-17,19-20,41H2,1-2H3,(H2,42,45)/t21-,23?,25?,37-/m0/s1. The van der Waals surface area contributed by atoms with Crippen LogP contribution in [0, 0.1) is 23.5 Å². The van der Waals surface area contributed by atoms with Gasteiger partial charge >= 0.3 is 0 Å². The molecule has 3 aliphatic rings. The molecule has 0 bridgehead atoms. The number of ether oxygens (including phenoxy) is 2. The van der Waals surface area contributed by atoms with Crippen LogP contribution in [0.4, 0.5) is 8.78 Å². The Hall–Kier alpha value is -3.73. The van der Waals surface area contributed by atoms with Crippen LogP contribution >= 0.6 is 11.6 Å². The summed E-state index contributed by atoms with van der Waals surface area (Å²) in [6.07, 6.45) is 5.16. The molecule has 5 N–H and O–H groups in total. The van der Waals surface area contributed by atoms with E-state index in [1.807, 2.05) is 42.2 Å². The molecule has 1 saturated heterocycles. The summed E-state index contributed by atoms with van der Waals surface area (Å²) in [5, 5.41) is 3.37. The summed E-state index contributed by atoms with van der Waals surface area (Å²) in [5.41, 5.74) is 11.4. The van der Waals surface area contributed by atoms with Gasteiger partial charge in [-0.05, 0) is 68.7 Å². The molecule has 2 aliphatic heterocycles. The summed E-state index contributed by atoms with van der Waals surface area (Å²) >= 11 is 6.63. The Morgan fingerprint density at radius 2 is 1.73 bits per heavy atom. The van der Waals surface area contributed by atoms with Gasteiger partial charge < -0.3 is 31.2 Å². The Morgan fingerprint density at radius 3 is 2.35 bits per heavy atom. The zero-order valence-corrected chi connectivity index (χ0v) is 28.1. The first-order valence-corrected chi connectivity index (χ1v) is 17.1. The molecule has 0 aromatic heterocycles. The third-order valence-corrected chi connectivity index (χ3v) is 11.1. The van der Waals surface area contributed by atoms with Crippen molar-refractivity contribution >= 4 is 23.4 Å². The SMILES string of the molecule is COc1ccc(C(N)=O)c(-c2c(Cl)c(F)cc3c2[C@H](C)[C@@](CNC2CCC(C(=O)N4CCC(CN)CC4)CC2)(c2ccccc2)O3)c1F. The second kappa shape index (κ2) is 14.0. The van der Waals surface area contributed by atoms with Gasteiger partial charge in [-0.1, -0.05) is 48.9 Å². The summed E-state index contributed by atoms with van der Waals surface area (Å²) in [6.45, 7) is 4.52. The summed E-state index contributed by atoms with van der Waals surface area (Å²) < 4.78 is 43.5. The van der Waals surface area contributed by atoms with Gasteiger partial charge in [0.05, 0.1) is 17.7 Å². The number of primary amides is 1. The van der Waals surface area contributed by atoms with Crippen LogP contribution in [0.1, 0.15) is 72.9 Å². The number of hydrogen-bond donors (Lipinski definition) is 3. The van der Waals surface area contributed by atoms with Crippen LogP contribution in [0.15, 0.2) is 48.5 Å². The predicted molar refractivity (Wildman–Crippen MR) is 181 cm³/mol. The average Bonchev–Trinajstić information content (AvgIpc) is 3.39. The highest BCUT2D eigenvalue weighted by Gasteiger charge is 2.50. The van der Waals surface area contributed by atoms with Crippen LogP contribution in [-0.2, 0) is 10.4 Å². The molecule has 48 heavy (non-hydrogen) atoms. The minimum Gasteiger partial charge on any atom is -0.494 e. The maximum absolute atomic E-state index is 16.0. The van der Waals surface area contributed by atoms with Gasteiger partial charge in [0.15, 0.2) is 17.2 Å². The van der Waals surface area contributed by atoms with Crippen molar-refractivity contribution in [2.75, 3.05) is 33.3 Å². The topological polar surface area (TPSA) is 120 Å². The second-order valence-electron chi connectivity index (χ2n) is 13.3. The molecule has 256 valence electrons. The van der Waals surface area contributed by atoms with Gasteiger partial charge in [-0.15, -0.1) is 0 Å². The van der Waals surface area contributed by atoms with Gasteiger partial charge in [-0.3, -0.25) is 9.59 Å². The number of amides is 2. The van der Waals surface area contributed by atoms with Crippen LogP contribution < -0.4 is 26.3 Å². The number of carbonyl (C=O) groups excluding carboxylic acids is 2. The minimum absolute atomic E-state index is 0.0105. The van der Waals surface area contributed by atoms with E-state index in [0.29, 0.717) is 24.6 Å². The minimum atomic E-state index is -1.03. The van der Waals surface area contributed by atoms with Crippen LogP contribution in [0.2, 0.25) is 5.02 Å². The highest BCUT2D eigenvalue weighted by atomic mass is 35.5. The number of nitrogens with one attached hydrogen (secondary N) is 1. The van der Waals surface area contributed by atoms with Crippen molar-refractivity contribution in [3.8, 4) is 22.6 Å². The van der Waals surface area contributed by atoms with Crippen LogP contribution in [0.3, 0.4) is 0 Å². The van der Waals surface area contributed by atoms with Gasteiger partial charge in [0, 0.05) is 60.3 Å². The van der Waals surface area contributed by atoms with Gasteiger partial charge in [0.1, 0.15) is 11.6 Å². The van der Waals surface area contributed by atoms with Crippen molar-refractivity contribution in [3.05, 3.63) is 81.9 Å². The first-order valence-electron chi connectivity index (χ1n) is 16.7. The molecule has 2 heterocycles. The average molecular weight is 681 g/mol. The van der Waals surface area contributed by atoms with Crippen molar-refractivity contribution in [1.29, 1.82) is 0 Å². The summed E-state index contributed by atoms with van der Waals surface area (Å²) in [7, 11) is 1.30. The zero-order valence-electron chi connectivity index (χ0n) is 27.4. The summed E-state index contributed by atoms with van der Waals surface area (Å²) in [5.74, 6) is -2.23. The number of methoxy groups -OCH3 is 1. The lowest BCUT2D eigenvalue weighted by Crippen LogP contribution is -2.49. The van der Waals surface area contributed by atoms with Crippen molar-refractivity contribution in [2.45, 2.75) is 63.0 Å². The van der Waals surface area contributed by atoms with Crippen molar-refractivity contribution in [2.24, 2.45) is 23.3 Å². The smallest absolute Gasteiger partial charge is 0.249 e. The molecule has 1 aliphatic carbocycles. The monoisotopic (exact) mass is 680 g/mol. The van der Waals surface area contributed by atoms with Crippen LogP contribution in [0.5, 0.6) is 11.5 Å². The third kappa shape index (κ3) is 6.14. The first kappa shape index (κ1) is 34.1. The molecule has 2 amide bonds. The Bertz CT molecular complexity index is 1680. The highest BCUT2D eigenvalue weighted by molar-refractivity contribution is 6.34. The Morgan fingerprint density at radius 1 is 1.04 bits per heavy atom. The maximum Gasteiger partial charge on any atom is 0.249 e. The molecule has 3 aromatic rings. The number of likely N-dealkylation sites (tertiary alicyclic amines) is 1. The van der Waals surface area contributed by atoms with Gasteiger partial charge in [0.2, 0.25) is 11.8 Å². The third-order valence-electron chi connectivity index (χ3n) is 10.7. The number of halogens is 3. The number of nitrogens with zero attached hydrogens (tertiary/aromatic N) is 1. The van der Waals surface area contributed by atoms with E-state index in [9.17, 15) is 9.59 Å². The summed E-state index contributed by atoms with van der Waals surface area (Å²) in [6, 6.07) is 13.6. The number of nitrogens with two attached hydrogens (primary N) is 2. The Balaban J connectivity index is 1.29. The van der Waals surface area contributed by atoms with E-state index in [1.54, 1.807) is 0 Å². The van der Waals surface area contributed by atoms with Crippen molar-refractivity contribution < 1.29 is 27.8 Å². The molecule has 2 atom stereocenters. The van der Waals surface area contributed by atoms with Crippen molar-refractivity contribution in [1.82, 2.24) is 10.2 Å². The Kier molecular flexibility index (Phi) is 9.97. The van der Waals surface area contributed by atoms with Gasteiger partial charge in [0.25, 0.3) is 0 Å². The zero-order chi connectivity index (χ0) is 34.2. The molecule has 1 saturated carbocycles. The van der Waals surface area contributed by atoms with E-state index in [4.69, 9.17) is 32.5 Å². The molecule has 6 rings (SSSR count). The van der Waals surface area contributed by atoms with E-state index in [-0.39, 0.29) is 51.1 Å². The van der Waals surface area contributed by atoms with Crippen LogP contribution in [0.25, 0.3) is 11.1 Å². The number of piperidine rings is 1. The fraction of sp³-hybridized carbons (Fsp3) is 0.459. The molecular formula is C37H43ClF2N4O4. The van der Waals surface area contributed by atoms with Gasteiger partial charge in [-0.25, -0.2) is 8.78 Å². The molecular weight excluding hydrogens is 638 g/mol. The van der Waals surface area contributed by atoms with E-state index in [1.165, 1.54) is 25.3 Å². The molecule has 0 unspecified atom stereocenters. The largest absolute Gasteiger partial charge is 0.494 e. The Labute approximate surface area is 285 Å². The lowest BCUT2D eigenvalue weighted by Gasteiger charge is -2.38. The predicted octanol–water partition coefficient (Wildman–Crippen LogP) is 6.13. The molecule has 11 heteroatoms.